The number of aromatic nitrogens is 3. The molecule has 2 aromatic carbocycles. The molecule has 4 heteroatoms. The van der Waals surface area contributed by atoms with Crippen LogP contribution in [0.2, 0.25) is 0 Å². The van der Waals surface area contributed by atoms with Gasteiger partial charge in [0.05, 0.1) is 11.2 Å². The van der Waals surface area contributed by atoms with Crippen molar-refractivity contribution in [1.29, 1.82) is 0 Å². The maximum absolute atomic E-state index is 12.1. The average molecular weight is 263 g/mol. The Balaban J connectivity index is 1.99. The zero-order valence-corrected chi connectivity index (χ0v) is 11.1. The van der Waals surface area contributed by atoms with Gasteiger partial charge in [0.1, 0.15) is 5.52 Å². The largest absolute Gasteiger partial charge is 0.294 e. The summed E-state index contributed by atoms with van der Waals surface area (Å²) in [4.78, 5) is 12.1. The zero-order valence-electron chi connectivity index (χ0n) is 11.1. The fourth-order valence-electron chi connectivity index (χ4n) is 2.93. The molecule has 0 aliphatic heterocycles. The Morgan fingerprint density at radius 2 is 2.00 bits per heavy atom. The van der Waals surface area contributed by atoms with Crippen LogP contribution in [0.5, 0.6) is 0 Å². The number of ketones is 1. The minimum atomic E-state index is 0.0564. The molecule has 0 saturated carbocycles. The van der Waals surface area contributed by atoms with Gasteiger partial charge in [0.2, 0.25) is 0 Å². The Morgan fingerprint density at radius 3 is 2.90 bits per heavy atom. The molecular weight excluding hydrogens is 250 g/mol. The topological polar surface area (TPSA) is 47.8 Å². The van der Waals surface area contributed by atoms with Gasteiger partial charge < -0.3 is 0 Å². The third-order valence-corrected chi connectivity index (χ3v) is 3.95. The Morgan fingerprint density at radius 1 is 1.15 bits per heavy atom. The van der Waals surface area contributed by atoms with Crippen LogP contribution in [0, 0.1) is 5.92 Å². The van der Waals surface area contributed by atoms with Crippen LogP contribution in [-0.2, 0) is 6.42 Å². The van der Waals surface area contributed by atoms with Gasteiger partial charge in [-0.05, 0) is 30.2 Å². The normalized spacial score (nSPS) is 17.6. The van der Waals surface area contributed by atoms with E-state index in [9.17, 15) is 4.79 Å². The van der Waals surface area contributed by atoms with Gasteiger partial charge in [-0.15, -0.1) is 5.10 Å². The number of hydrogen-bond acceptors (Lipinski definition) is 3. The second-order valence-electron chi connectivity index (χ2n) is 5.26. The summed E-state index contributed by atoms with van der Waals surface area (Å²) in [6.07, 6.45) is 0.776. The first-order valence-electron chi connectivity index (χ1n) is 6.72. The lowest BCUT2D eigenvalue weighted by Crippen LogP contribution is -2.02. The summed E-state index contributed by atoms with van der Waals surface area (Å²) in [6, 6.07) is 13.7. The molecule has 0 fully saturated rings. The van der Waals surface area contributed by atoms with Crippen LogP contribution in [0.25, 0.3) is 16.7 Å². The van der Waals surface area contributed by atoms with E-state index < -0.39 is 0 Å². The highest BCUT2D eigenvalue weighted by molar-refractivity contribution is 6.03. The number of Topliss-reactive ketones (excluding diaryl/α,β-unsaturated/α-hetero) is 1. The lowest BCUT2D eigenvalue weighted by Gasteiger charge is -2.07. The molecule has 1 aliphatic rings. The number of carbonyl (C=O) groups is 1. The van der Waals surface area contributed by atoms with Gasteiger partial charge in [0.15, 0.2) is 5.78 Å². The molecule has 98 valence electrons. The van der Waals surface area contributed by atoms with Crippen LogP contribution >= 0.6 is 0 Å². The quantitative estimate of drug-likeness (QED) is 0.678. The van der Waals surface area contributed by atoms with Gasteiger partial charge >= 0.3 is 0 Å². The Labute approximate surface area is 116 Å². The third kappa shape index (κ3) is 1.45. The van der Waals surface area contributed by atoms with Crippen molar-refractivity contribution in [3.8, 4) is 5.69 Å². The summed E-state index contributed by atoms with van der Waals surface area (Å²) in [7, 11) is 0. The van der Waals surface area contributed by atoms with E-state index in [0.717, 1.165) is 34.3 Å². The van der Waals surface area contributed by atoms with Gasteiger partial charge in [-0.25, -0.2) is 4.68 Å². The highest BCUT2D eigenvalue weighted by Crippen LogP contribution is 2.31. The Bertz CT molecular complexity index is 835. The second kappa shape index (κ2) is 4.00. The standard InChI is InChI=1S/C16H13N3O/c1-10-9-12-11(16(10)20)5-4-8-14(12)19-15-7-3-2-6-13(15)17-18-19/h2-8,10H,9H2,1H3. The molecule has 1 atom stereocenters. The molecule has 0 radical (unpaired) electrons. The van der Waals surface area contributed by atoms with Gasteiger partial charge in [-0.3, -0.25) is 4.79 Å². The lowest BCUT2D eigenvalue weighted by atomic mass is 10.1. The highest BCUT2D eigenvalue weighted by atomic mass is 16.1. The number of para-hydroxylation sites is 1. The number of carbonyl (C=O) groups excluding carboxylic acids is 1. The van der Waals surface area contributed by atoms with E-state index in [1.54, 1.807) is 0 Å². The number of benzene rings is 2. The summed E-state index contributed by atoms with van der Waals surface area (Å²) in [5.41, 5.74) is 4.71. The average Bonchev–Trinajstić information content (AvgIpc) is 3.02. The number of rotatable bonds is 1. The van der Waals surface area contributed by atoms with Crippen LogP contribution in [0.15, 0.2) is 42.5 Å². The SMILES string of the molecule is CC1Cc2c(cccc2-n2nnc3ccccc32)C1=O. The lowest BCUT2D eigenvalue weighted by molar-refractivity contribution is 0.0946. The van der Waals surface area contributed by atoms with Crippen molar-refractivity contribution in [3.63, 3.8) is 0 Å². The van der Waals surface area contributed by atoms with Gasteiger partial charge in [-0.1, -0.05) is 36.4 Å². The summed E-state index contributed by atoms with van der Waals surface area (Å²) in [5.74, 6) is 0.284. The van der Waals surface area contributed by atoms with E-state index in [4.69, 9.17) is 0 Å². The van der Waals surface area contributed by atoms with Crippen molar-refractivity contribution in [3.05, 3.63) is 53.6 Å². The van der Waals surface area contributed by atoms with E-state index in [-0.39, 0.29) is 11.7 Å². The summed E-state index contributed by atoms with van der Waals surface area (Å²) < 4.78 is 1.83. The third-order valence-electron chi connectivity index (χ3n) is 3.95. The van der Waals surface area contributed by atoms with Crippen LogP contribution in [0.3, 0.4) is 0 Å². The van der Waals surface area contributed by atoms with Gasteiger partial charge in [0.25, 0.3) is 0 Å². The van der Waals surface area contributed by atoms with Crippen LogP contribution in [0.4, 0.5) is 0 Å². The van der Waals surface area contributed by atoms with Gasteiger partial charge in [-0.2, -0.15) is 0 Å². The molecule has 3 aromatic rings. The predicted molar refractivity (Wildman–Crippen MR) is 76.1 cm³/mol. The van der Waals surface area contributed by atoms with Crippen molar-refractivity contribution >= 4 is 16.8 Å². The maximum Gasteiger partial charge on any atom is 0.166 e. The molecule has 0 spiro atoms. The number of nitrogens with zero attached hydrogens (tertiary/aromatic N) is 3. The minimum Gasteiger partial charge on any atom is -0.294 e. The molecule has 4 nitrogen and oxygen atoms in total. The summed E-state index contributed by atoms with van der Waals surface area (Å²) in [6.45, 7) is 1.98. The van der Waals surface area contributed by atoms with Crippen molar-refractivity contribution in [1.82, 2.24) is 15.0 Å². The fraction of sp³-hybridized carbons (Fsp3) is 0.188. The number of hydrogen-bond donors (Lipinski definition) is 0. The molecule has 4 rings (SSSR count). The van der Waals surface area contributed by atoms with Gasteiger partial charge in [0, 0.05) is 11.5 Å². The Hall–Kier alpha value is -2.49. The fourth-order valence-corrected chi connectivity index (χ4v) is 2.93. The van der Waals surface area contributed by atoms with Crippen molar-refractivity contribution in [2.45, 2.75) is 13.3 Å². The van der Waals surface area contributed by atoms with Crippen LogP contribution in [0.1, 0.15) is 22.8 Å². The molecule has 0 N–H and O–H groups in total. The molecule has 1 aliphatic carbocycles. The van der Waals surface area contributed by atoms with E-state index in [0.29, 0.717) is 0 Å². The molecular formula is C16H13N3O. The number of fused-ring (bicyclic) bond motifs is 2. The van der Waals surface area contributed by atoms with Crippen molar-refractivity contribution < 1.29 is 4.79 Å². The molecule has 0 bridgehead atoms. The van der Waals surface area contributed by atoms with Crippen molar-refractivity contribution in [2.24, 2.45) is 5.92 Å². The van der Waals surface area contributed by atoms with E-state index in [1.807, 2.05) is 54.1 Å². The first-order valence-corrected chi connectivity index (χ1v) is 6.72. The molecule has 1 unspecified atom stereocenters. The van der Waals surface area contributed by atoms with E-state index >= 15 is 0 Å². The smallest absolute Gasteiger partial charge is 0.166 e. The van der Waals surface area contributed by atoms with E-state index in [1.165, 1.54) is 0 Å². The summed E-state index contributed by atoms with van der Waals surface area (Å²) >= 11 is 0. The first-order chi connectivity index (χ1) is 9.75. The molecule has 1 heterocycles. The molecule has 20 heavy (non-hydrogen) atoms. The van der Waals surface area contributed by atoms with Crippen LogP contribution < -0.4 is 0 Å². The maximum atomic E-state index is 12.1. The summed E-state index contributed by atoms with van der Waals surface area (Å²) in [5, 5.41) is 8.44. The molecule has 0 saturated heterocycles. The molecule has 0 amide bonds. The Kier molecular flexibility index (Phi) is 2.27. The van der Waals surface area contributed by atoms with Crippen LogP contribution in [-0.4, -0.2) is 20.8 Å². The predicted octanol–water partition coefficient (Wildman–Crippen LogP) is 2.80. The molecule has 1 aromatic heterocycles. The minimum absolute atomic E-state index is 0.0564. The first kappa shape index (κ1) is 11.3. The highest BCUT2D eigenvalue weighted by Gasteiger charge is 2.29. The second-order valence-corrected chi connectivity index (χ2v) is 5.26. The monoisotopic (exact) mass is 263 g/mol. The van der Waals surface area contributed by atoms with E-state index in [2.05, 4.69) is 10.3 Å². The van der Waals surface area contributed by atoms with Crippen molar-refractivity contribution in [2.75, 3.05) is 0 Å². The zero-order chi connectivity index (χ0) is 13.7.